The highest BCUT2D eigenvalue weighted by molar-refractivity contribution is 4.86. The minimum atomic E-state index is 0.290. The van der Waals surface area contributed by atoms with E-state index in [9.17, 15) is 0 Å². The fourth-order valence-corrected chi connectivity index (χ4v) is 3.24. The molecule has 4 heteroatoms. The first kappa shape index (κ1) is 14.3. The number of hydrogen-bond donors (Lipinski definition) is 1. The number of rotatable bonds is 5. The average Bonchev–Trinajstić information content (AvgIpc) is 2.41. The molecule has 2 saturated heterocycles. The molecule has 0 aromatic carbocycles. The van der Waals surface area contributed by atoms with Gasteiger partial charge in [-0.1, -0.05) is 0 Å². The van der Waals surface area contributed by atoms with Crippen molar-refractivity contribution in [3.8, 4) is 0 Å². The Kier molecular flexibility index (Phi) is 5.42. The summed E-state index contributed by atoms with van der Waals surface area (Å²) in [5.41, 5.74) is 6.31. The zero-order valence-electron chi connectivity index (χ0n) is 11.7. The molecule has 2 heterocycles. The molecule has 2 N–H and O–H groups in total. The van der Waals surface area contributed by atoms with Crippen LogP contribution in [0, 0.1) is 11.3 Å². The van der Waals surface area contributed by atoms with E-state index in [0.29, 0.717) is 0 Å². The first-order valence-corrected chi connectivity index (χ1v) is 7.28. The third-order valence-electron chi connectivity index (χ3n) is 4.50. The third kappa shape index (κ3) is 3.92. The maximum atomic E-state index is 6.02. The standard InChI is InChI=1S/C14H28N2O2/c1-16(10-13-2-6-17-7-3-13)12-14(11-15)4-8-18-9-5-14/h13H,2-12,15H2,1H3. The van der Waals surface area contributed by atoms with Crippen LogP contribution in [0.15, 0.2) is 0 Å². The van der Waals surface area contributed by atoms with Crippen molar-refractivity contribution in [2.75, 3.05) is 53.1 Å². The van der Waals surface area contributed by atoms with Gasteiger partial charge < -0.3 is 20.1 Å². The monoisotopic (exact) mass is 256 g/mol. The van der Waals surface area contributed by atoms with E-state index in [4.69, 9.17) is 15.2 Å². The molecule has 2 aliphatic heterocycles. The Hall–Kier alpha value is -0.160. The quantitative estimate of drug-likeness (QED) is 0.800. The molecule has 2 aliphatic rings. The lowest BCUT2D eigenvalue weighted by atomic mass is 9.79. The minimum absolute atomic E-state index is 0.290. The van der Waals surface area contributed by atoms with Gasteiger partial charge in [0.25, 0.3) is 0 Å². The van der Waals surface area contributed by atoms with Gasteiger partial charge in [0.05, 0.1) is 0 Å². The maximum absolute atomic E-state index is 6.02. The van der Waals surface area contributed by atoms with E-state index in [2.05, 4.69) is 11.9 Å². The first-order valence-electron chi connectivity index (χ1n) is 7.28. The van der Waals surface area contributed by atoms with Gasteiger partial charge in [-0.15, -0.1) is 0 Å². The molecular weight excluding hydrogens is 228 g/mol. The van der Waals surface area contributed by atoms with Crippen molar-refractivity contribution in [2.24, 2.45) is 17.1 Å². The van der Waals surface area contributed by atoms with Crippen molar-refractivity contribution in [2.45, 2.75) is 25.7 Å². The predicted octanol–water partition coefficient (Wildman–Crippen LogP) is 1.10. The molecule has 0 amide bonds. The number of ether oxygens (including phenoxy) is 2. The molecule has 0 spiro atoms. The van der Waals surface area contributed by atoms with E-state index in [0.717, 1.165) is 58.3 Å². The van der Waals surface area contributed by atoms with Crippen LogP contribution in [-0.2, 0) is 9.47 Å². The second kappa shape index (κ2) is 6.85. The second-order valence-electron chi connectivity index (χ2n) is 6.07. The Morgan fingerprint density at radius 2 is 1.72 bits per heavy atom. The van der Waals surface area contributed by atoms with Crippen LogP contribution in [0.3, 0.4) is 0 Å². The SMILES string of the molecule is CN(CC1CCOCC1)CC1(CN)CCOCC1. The summed E-state index contributed by atoms with van der Waals surface area (Å²) in [4.78, 5) is 2.48. The maximum Gasteiger partial charge on any atom is 0.0472 e. The number of hydrogen-bond acceptors (Lipinski definition) is 4. The van der Waals surface area contributed by atoms with Gasteiger partial charge >= 0.3 is 0 Å². The molecule has 4 nitrogen and oxygen atoms in total. The molecule has 106 valence electrons. The Balaban J connectivity index is 1.78. The van der Waals surface area contributed by atoms with E-state index >= 15 is 0 Å². The lowest BCUT2D eigenvalue weighted by Gasteiger charge is -2.40. The highest BCUT2D eigenvalue weighted by atomic mass is 16.5. The molecular formula is C14H28N2O2. The van der Waals surface area contributed by atoms with Crippen molar-refractivity contribution >= 4 is 0 Å². The average molecular weight is 256 g/mol. The van der Waals surface area contributed by atoms with Gasteiger partial charge in [-0.3, -0.25) is 0 Å². The van der Waals surface area contributed by atoms with Gasteiger partial charge in [0.1, 0.15) is 0 Å². The summed E-state index contributed by atoms with van der Waals surface area (Å²) in [5.74, 6) is 0.804. The molecule has 0 bridgehead atoms. The van der Waals surface area contributed by atoms with Crippen LogP contribution in [0.1, 0.15) is 25.7 Å². The largest absolute Gasteiger partial charge is 0.381 e. The molecule has 2 rings (SSSR count). The normalized spacial score (nSPS) is 25.5. The van der Waals surface area contributed by atoms with Gasteiger partial charge in [-0.25, -0.2) is 0 Å². The van der Waals surface area contributed by atoms with Crippen LogP contribution >= 0.6 is 0 Å². The van der Waals surface area contributed by atoms with Crippen molar-refractivity contribution in [1.82, 2.24) is 4.90 Å². The zero-order valence-corrected chi connectivity index (χ0v) is 11.7. The number of nitrogens with zero attached hydrogens (tertiary/aromatic N) is 1. The third-order valence-corrected chi connectivity index (χ3v) is 4.50. The summed E-state index contributed by atoms with van der Waals surface area (Å²) in [5, 5.41) is 0. The van der Waals surface area contributed by atoms with Gasteiger partial charge in [0.2, 0.25) is 0 Å². The molecule has 2 fully saturated rings. The van der Waals surface area contributed by atoms with Crippen molar-refractivity contribution < 1.29 is 9.47 Å². The molecule has 18 heavy (non-hydrogen) atoms. The van der Waals surface area contributed by atoms with Gasteiger partial charge in [0.15, 0.2) is 0 Å². The van der Waals surface area contributed by atoms with Crippen LogP contribution in [0.2, 0.25) is 0 Å². The lowest BCUT2D eigenvalue weighted by Crippen LogP contribution is -2.46. The van der Waals surface area contributed by atoms with Gasteiger partial charge in [-0.05, 0) is 50.6 Å². The Labute approximate surface area is 111 Å². The first-order chi connectivity index (χ1) is 8.74. The lowest BCUT2D eigenvalue weighted by molar-refractivity contribution is -0.00293. The van der Waals surface area contributed by atoms with Crippen LogP contribution in [-0.4, -0.2) is 58.0 Å². The summed E-state index contributed by atoms with van der Waals surface area (Å²) < 4.78 is 10.9. The van der Waals surface area contributed by atoms with E-state index in [1.807, 2.05) is 0 Å². The summed E-state index contributed by atoms with van der Waals surface area (Å²) in [6.07, 6.45) is 4.65. The van der Waals surface area contributed by atoms with Crippen molar-refractivity contribution in [1.29, 1.82) is 0 Å². The summed E-state index contributed by atoms with van der Waals surface area (Å²) in [6.45, 7) is 6.72. The summed E-state index contributed by atoms with van der Waals surface area (Å²) >= 11 is 0. The van der Waals surface area contributed by atoms with Crippen LogP contribution in [0.4, 0.5) is 0 Å². The van der Waals surface area contributed by atoms with Crippen molar-refractivity contribution in [3.05, 3.63) is 0 Å². The smallest absolute Gasteiger partial charge is 0.0472 e. The molecule has 0 saturated carbocycles. The molecule has 0 aromatic rings. The molecule has 0 unspecified atom stereocenters. The zero-order chi connectivity index (χ0) is 12.8. The molecule has 0 aliphatic carbocycles. The fraction of sp³-hybridized carbons (Fsp3) is 1.00. The van der Waals surface area contributed by atoms with E-state index in [1.165, 1.54) is 19.4 Å². The minimum Gasteiger partial charge on any atom is -0.381 e. The Bertz CT molecular complexity index is 236. The van der Waals surface area contributed by atoms with E-state index < -0.39 is 0 Å². The van der Waals surface area contributed by atoms with E-state index in [-0.39, 0.29) is 5.41 Å². The predicted molar refractivity (Wildman–Crippen MR) is 72.6 cm³/mol. The van der Waals surface area contributed by atoms with Crippen LogP contribution in [0.25, 0.3) is 0 Å². The Morgan fingerprint density at radius 1 is 1.11 bits per heavy atom. The molecule has 0 radical (unpaired) electrons. The molecule has 0 atom stereocenters. The Morgan fingerprint density at radius 3 is 2.33 bits per heavy atom. The fourth-order valence-electron chi connectivity index (χ4n) is 3.24. The van der Waals surface area contributed by atoms with E-state index in [1.54, 1.807) is 0 Å². The van der Waals surface area contributed by atoms with Gasteiger partial charge in [0, 0.05) is 39.5 Å². The summed E-state index contributed by atoms with van der Waals surface area (Å²) in [6, 6.07) is 0. The molecule has 0 aromatic heterocycles. The second-order valence-corrected chi connectivity index (χ2v) is 6.07. The highest BCUT2D eigenvalue weighted by Gasteiger charge is 2.32. The summed E-state index contributed by atoms with van der Waals surface area (Å²) in [7, 11) is 2.24. The van der Waals surface area contributed by atoms with Crippen molar-refractivity contribution in [3.63, 3.8) is 0 Å². The highest BCUT2D eigenvalue weighted by Crippen LogP contribution is 2.30. The topological polar surface area (TPSA) is 47.7 Å². The van der Waals surface area contributed by atoms with Crippen LogP contribution < -0.4 is 5.73 Å². The van der Waals surface area contributed by atoms with Crippen LogP contribution in [0.5, 0.6) is 0 Å². The van der Waals surface area contributed by atoms with Gasteiger partial charge in [-0.2, -0.15) is 0 Å². The number of nitrogens with two attached hydrogens (primary N) is 1.